The molecular weight excluding hydrogens is 221 g/mol. The van der Waals surface area contributed by atoms with Crippen molar-refractivity contribution in [1.29, 1.82) is 0 Å². The normalized spacial score (nSPS) is 14.5. The molecule has 92 valence electrons. The number of rotatable bonds is 4. The molecule has 2 rings (SSSR count). The monoisotopic (exact) mass is 237 g/mol. The third-order valence-corrected chi connectivity index (χ3v) is 2.98. The van der Waals surface area contributed by atoms with Gasteiger partial charge in [-0.05, 0) is 43.5 Å². The molecule has 3 nitrogen and oxygen atoms in total. The van der Waals surface area contributed by atoms with Crippen molar-refractivity contribution in [2.24, 2.45) is 0 Å². The molecular formula is C13H16FNO2. The van der Waals surface area contributed by atoms with Crippen LogP contribution in [0.25, 0.3) is 0 Å². The van der Waals surface area contributed by atoms with Gasteiger partial charge in [-0.1, -0.05) is 0 Å². The van der Waals surface area contributed by atoms with Gasteiger partial charge in [0, 0.05) is 13.1 Å². The van der Waals surface area contributed by atoms with E-state index in [2.05, 4.69) is 0 Å². The highest BCUT2D eigenvalue weighted by Crippen LogP contribution is 2.25. The number of carbonyl (C=O) groups excluding carboxylic acids is 1. The molecule has 1 saturated carbocycles. The number of aryl methyl sites for hydroxylation is 1. The summed E-state index contributed by atoms with van der Waals surface area (Å²) in [6.07, 6.45) is 2.16. The Morgan fingerprint density at radius 3 is 2.82 bits per heavy atom. The first-order valence-electron chi connectivity index (χ1n) is 5.72. The predicted molar refractivity (Wildman–Crippen MR) is 62.4 cm³/mol. The molecule has 0 atom stereocenters. The second kappa shape index (κ2) is 4.73. The summed E-state index contributed by atoms with van der Waals surface area (Å²) in [5.74, 6) is 0.231. The Bertz CT molecular complexity index is 429. The Morgan fingerprint density at radius 2 is 2.24 bits per heavy atom. The maximum Gasteiger partial charge on any atom is 0.260 e. The number of benzene rings is 1. The van der Waals surface area contributed by atoms with Gasteiger partial charge in [0.2, 0.25) is 0 Å². The Morgan fingerprint density at radius 1 is 1.53 bits per heavy atom. The number of ether oxygens (including phenoxy) is 1. The molecule has 17 heavy (non-hydrogen) atoms. The van der Waals surface area contributed by atoms with Crippen LogP contribution in [0.1, 0.15) is 18.4 Å². The zero-order valence-corrected chi connectivity index (χ0v) is 10.1. The molecule has 4 heteroatoms. The minimum absolute atomic E-state index is 0.0120. The van der Waals surface area contributed by atoms with Crippen molar-refractivity contribution >= 4 is 5.91 Å². The quantitative estimate of drug-likeness (QED) is 0.803. The van der Waals surface area contributed by atoms with E-state index in [1.165, 1.54) is 12.1 Å². The molecule has 0 aliphatic heterocycles. The van der Waals surface area contributed by atoms with E-state index in [0.29, 0.717) is 17.4 Å². The first-order valence-corrected chi connectivity index (χ1v) is 5.72. The largest absolute Gasteiger partial charge is 0.484 e. The number of likely N-dealkylation sites (N-methyl/N-ethyl adjacent to an activating group) is 1. The van der Waals surface area contributed by atoms with Crippen molar-refractivity contribution in [1.82, 2.24) is 4.90 Å². The van der Waals surface area contributed by atoms with Crippen LogP contribution in [0.5, 0.6) is 5.75 Å². The molecule has 0 saturated heterocycles. The second-order valence-electron chi connectivity index (χ2n) is 4.44. The minimum Gasteiger partial charge on any atom is -0.484 e. The van der Waals surface area contributed by atoms with Gasteiger partial charge in [0.1, 0.15) is 11.6 Å². The highest BCUT2D eigenvalue weighted by atomic mass is 19.1. The Kier molecular flexibility index (Phi) is 3.31. The lowest BCUT2D eigenvalue weighted by atomic mass is 10.2. The Hall–Kier alpha value is -1.58. The lowest BCUT2D eigenvalue weighted by molar-refractivity contribution is -0.132. The Balaban J connectivity index is 1.88. The van der Waals surface area contributed by atoms with Gasteiger partial charge in [0.25, 0.3) is 5.91 Å². The van der Waals surface area contributed by atoms with Gasteiger partial charge in [-0.3, -0.25) is 4.79 Å². The molecule has 0 heterocycles. The summed E-state index contributed by atoms with van der Waals surface area (Å²) in [4.78, 5) is 13.4. The molecule has 0 radical (unpaired) electrons. The average molecular weight is 237 g/mol. The van der Waals surface area contributed by atoms with Gasteiger partial charge in [0.05, 0.1) is 0 Å². The molecule has 1 aliphatic rings. The van der Waals surface area contributed by atoms with Gasteiger partial charge in [-0.15, -0.1) is 0 Å². The summed E-state index contributed by atoms with van der Waals surface area (Å²) in [5.41, 5.74) is 0.519. The van der Waals surface area contributed by atoms with E-state index in [-0.39, 0.29) is 18.3 Å². The molecule has 1 amide bonds. The van der Waals surface area contributed by atoms with E-state index in [4.69, 9.17) is 4.74 Å². The molecule has 1 fully saturated rings. The smallest absolute Gasteiger partial charge is 0.260 e. The van der Waals surface area contributed by atoms with Crippen LogP contribution in [0.4, 0.5) is 4.39 Å². The first-order chi connectivity index (χ1) is 8.08. The lowest BCUT2D eigenvalue weighted by Crippen LogP contribution is -2.33. The SMILES string of the molecule is Cc1cc(OCC(=O)N(C)C2CC2)ccc1F. The number of carbonyl (C=O) groups is 1. The fourth-order valence-corrected chi connectivity index (χ4v) is 1.62. The van der Waals surface area contributed by atoms with Gasteiger partial charge < -0.3 is 9.64 Å². The van der Waals surface area contributed by atoms with Crippen molar-refractivity contribution in [3.05, 3.63) is 29.6 Å². The molecule has 0 bridgehead atoms. The molecule has 1 aromatic carbocycles. The van der Waals surface area contributed by atoms with E-state index in [9.17, 15) is 9.18 Å². The summed E-state index contributed by atoms with van der Waals surface area (Å²) < 4.78 is 18.4. The number of hydrogen-bond acceptors (Lipinski definition) is 2. The molecule has 0 spiro atoms. The molecule has 1 aliphatic carbocycles. The number of nitrogens with zero attached hydrogens (tertiary/aromatic N) is 1. The zero-order chi connectivity index (χ0) is 12.4. The maximum atomic E-state index is 13.0. The van der Waals surface area contributed by atoms with E-state index >= 15 is 0 Å². The van der Waals surface area contributed by atoms with E-state index < -0.39 is 0 Å². The predicted octanol–water partition coefficient (Wildman–Crippen LogP) is 2.13. The molecule has 0 aromatic heterocycles. The zero-order valence-electron chi connectivity index (χ0n) is 10.1. The summed E-state index contributed by atoms with van der Waals surface area (Å²) in [7, 11) is 1.79. The lowest BCUT2D eigenvalue weighted by Gasteiger charge is -2.16. The summed E-state index contributed by atoms with van der Waals surface area (Å²) >= 11 is 0. The van der Waals surface area contributed by atoms with Crippen LogP contribution in [-0.2, 0) is 4.79 Å². The van der Waals surface area contributed by atoms with Crippen molar-refractivity contribution in [3.8, 4) is 5.75 Å². The topological polar surface area (TPSA) is 29.5 Å². The molecule has 0 unspecified atom stereocenters. The average Bonchev–Trinajstić information content (AvgIpc) is 3.13. The van der Waals surface area contributed by atoms with Crippen molar-refractivity contribution < 1.29 is 13.9 Å². The van der Waals surface area contributed by atoms with E-state index in [1.807, 2.05) is 0 Å². The van der Waals surface area contributed by atoms with Crippen LogP contribution in [0, 0.1) is 12.7 Å². The van der Waals surface area contributed by atoms with Gasteiger partial charge in [0.15, 0.2) is 6.61 Å². The summed E-state index contributed by atoms with van der Waals surface area (Å²) in [6.45, 7) is 1.68. The second-order valence-corrected chi connectivity index (χ2v) is 4.44. The van der Waals surface area contributed by atoms with Crippen molar-refractivity contribution in [3.63, 3.8) is 0 Å². The number of amides is 1. The third-order valence-electron chi connectivity index (χ3n) is 2.98. The summed E-state index contributed by atoms with van der Waals surface area (Å²) in [6, 6.07) is 4.87. The highest BCUT2D eigenvalue weighted by molar-refractivity contribution is 5.78. The highest BCUT2D eigenvalue weighted by Gasteiger charge is 2.29. The maximum absolute atomic E-state index is 13.0. The van der Waals surface area contributed by atoms with E-state index in [1.54, 1.807) is 24.9 Å². The third kappa shape index (κ3) is 2.96. The van der Waals surface area contributed by atoms with Gasteiger partial charge >= 0.3 is 0 Å². The van der Waals surface area contributed by atoms with Gasteiger partial charge in [-0.25, -0.2) is 4.39 Å². The van der Waals surface area contributed by atoms with E-state index in [0.717, 1.165) is 12.8 Å². The van der Waals surface area contributed by atoms with Crippen LogP contribution >= 0.6 is 0 Å². The van der Waals surface area contributed by atoms with Crippen LogP contribution < -0.4 is 4.74 Å². The summed E-state index contributed by atoms with van der Waals surface area (Å²) in [5, 5.41) is 0. The van der Waals surface area contributed by atoms with Crippen LogP contribution in [-0.4, -0.2) is 30.5 Å². The fourth-order valence-electron chi connectivity index (χ4n) is 1.62. The first kappa shape index (κ1) is 11.9. The molecule has 1 aromatic rings. The Labute approximate surface area is 100 Å². The molecule has 0 N–H and O–H groups in total. The number of halogens is 1. The van der Waals surface area contributed by atoms with Crippen LogP contribution in [0.3, 0.4) is 0 Å². The minimum atomic E-state index is -0.265. The van der Waals surface area contributed by atoms with Crippen molar-refractivity contribution in [2.45, 2.75) is 25.8 Å². The standard InChI is InChI=1S/C13H16FNO2/c1-9-7-11(5-6-12(9)14)17-8-13(16)15(2)10-3-4-10/h5-7,10H,3-4,8H2,1-2H3. The fraction of sp³-hybridized carbons (Fsp3) is 0.462. The van der Waals surface area contributed by atoms with Crippen LogP contribution in [0.2, 0.25) is 0 Å². The van der Waals surface area contributed by atoms with Crippen LogP contribution in [0.15, 0.2) is 18.2 Å². The van der Waals surface area contributed by atoms with Gasteiger partial charge in [-0.2, -0.15) is 0 Å². The number of hydrogen-bond donors (Lipinski definition) is 0. The van der Waals surface area contributed by atoms with Crippen molar-refractivity contribution in [2.75, 3.05) is 13.7 Å².